The van der Waals surface area contributed by atoms with E-state index in [-0.39, 0.29) is 11.7 Å². The molecule has 0 unspecified atom stereocenters. The molecule has 1 rings (SSSR count). The van der Waals surface area contributed by atoms with Crippen molar-refractivity contribution in [2.24, 2.45) is 22.2 Å². The quantitative estimate of drug-likeness (QED) is 0.201. The average molecular weight is 301 g/mol. The zero-order valence-electron chi connectivity index (χ0n) is 12.9. The van der Waals surface area contributed by atoms with Gasteiger partial charge in [0.15, 0.2) is 5.84 Å². The van der Waals surface area contributed by atoms with Crippen LogP contribution in [0.4, 0.5) is 0 Å². The number of nitrogens with one attached hydrogen (secondary N) is 1. The number of nitrogens with zero attached hydrogens (tertiary/aromatic N) is 1. The number of amidine groups is 1. The van der Waals surface area contributed by atoms with Crippen molar-refractivity contribution in [3.8, 4) is 0 Å². The molecule has 1 aliphatic heterocycles. The molecule has 1 amide bonds. The van der Waals surface area contributed by atoms with E-state index < -0.39 is 5.41 Å². The van der Waals surface area contributed by atoms with Gasteiger partial charge in [0.1, 0.15) is 5.41 Å². The minimum Gasteiger partial charge on any atom is -0.409 e. The van der Waals surface area contributed by atoms with Gasteiger partial charge in [0, 0.05) is 26.4 Å². The summed E-state index contributed by atoms with van der Waals surface area (Å²) >= 11 is 0. The Morgan fingerprint density at radius 3 is 2.67 bits per heavy atom. The first-order chi connectivity index (χ1) is 10.0. The van der Waals surface area contributed by atoms with Gasteiger partial charge in [0.2, 0.25) is 5.91 Å². The molecule has 0 aliphatic carbocycles. The number of amides is 1. The highest BCUT2D eigenvalue weighted by atomic mass is 16.5. The monoisotopic (exact) mass is 301 g/mol. The Labute approximate surface area is 125 Å². The summed E-state index contributed by atoms with van der Waals surface area (Å²) < 4.78 is 10.7. The van der Waals surface area contributed by atoms with Crippen LogP contribution in [-0.4, -0.2) is 49.9 Å². The summed E-state index contributed by atoms with van der Waals surface area (Å²) in [5.74, 6) is 0.322. The van der Waals surface area contributed by atoms with Crippen LogP contribution in [0.5, 0.6) is 0 Å². The van der Waals surface area contributed by atoms with Gasteiger partial charge in [-0.1, -0.05) is 19.0 Å². The van der Waals surface area contributed by atoms with Crippen molar-refractivity contribution in [3.63, 3.8) is 0 Å². The molecule has 1 aliphatic rings. The first-order valence-electron chi connectivity index (χ1n) is 7.44. The average Bonchev–Trinajstić information content (AvgIpc) is 2.49. The van der Waals surface area contributed by atoms with Crippen LogP contribution in [0.15, 0.2) is 5.16 Å². The highest BCUT2D eigenvalue weighted by Gasteiger charge is 2.44. The molecule has 4 N–H and O–H groups in total. The standard InChI is InChI=1S/C14H27N3O4/c1-11(2)3-7-20-10-6-16-13(18)14(12(15)17-19)4-8-21-9-5-14/h11,19H,3-10H2,1-2H3,(H2,15,17)(H,16,18). The number of oxime groups is 1. The zero-order chi connectivity index (χ0) is 15.7. The predicted molar refractivity (Wildman–Crippen MR) is 79.2 cm³/mol. The van der Waals surface area contributed by atoms with Gasteiger partial charge in [-0.15, -0.1) is 0 Å². The molecule has 122 valence electrons. The normalized spacial score (nSPS) is 18.7. The van der Waals surface area contributed by atoms with Gasteiger partial charge in [0.05, 0.1) is 6.61 Å². The van der Waals surface area contributed by atoms with Crippen LogP contribution in [0.1, 0.15) is 33.1 Å². The fourth-order valence-corrected chi connectivity index (χ4v) is 2.24. The van der Waals surface area contributed by atoms with Gasteiger partial charge in [-0.25, -0.2) is 0 Å². The number of carbonyl (C=O) groups excluding carboxylic acids is 1. The fourth-order valence-electron chi connectivity index (χ4n) is 2.24. The maximum atomic E-state index is 12.4. The summed E-state index contributed by atoms with van der Waals surface area (Å²) in [5.41, 5.74) is 4.75. The van der Waals surface area contributed by atoms with E-state index in [1.54, 1.807) is 0 Å². The topological polar surface area (TPSA) is 106 Å². The molecule has 0 aromatic carbocycles. The van der Waals surface area contributed by atoms with Crippen LogP contribution in [0.2, 0.25) is 0 Å². The van der Waals surface area contributed by atoms with Crippen molar-refractivity contribution >= 4 is 11.7 Å². The highest BCUT2D eigenvalue weighted by Crippen LogP contribution is 2.31. The fraction of sp³-hybridized carbons (Fsp3) is 0.857. The minimum absolute atomic E-state index is 0.0518. The molecule has 0 spiro atoms. The smallest absolute Gasteiger partial charge is 0.234 e. The lowest BCUT2D eigenvalue weighted by Gasteiger charge is -2.34. The van der Waals surface area contributed by atoms with Gasteiger partial charge in [-0.2, -0.15) is 0 Å². The molecule has 0 saturated carbocycles. The van der Waals surface area contributed by atoms with Crippen LogP contribution < -0.4 is 11.1 Å². The predicted octanol–water partition coefficient (Wildman–Crippen LogP) is 0.709. The Morgan fingerprint density at radius 2 is 2.10 bits per heavy atom. The van der Waals surface area contributed by atoms with E-state index in [9.17, 15) is 4.79 Å². The second kappa shape index (κ2) is 8.84. The lowest BCUT2D eigenvalue weighted by Crippen LogP contribution is -2.53. The summed E-state index contributed by atoms with van der Waals surface area (Å²) in [7, 11) is 0. The molecule has 21 heavy (non-hydrogen) atoms. The molecule has 0 aromatic rings. The van der Waals surface area contributed by atoms with Gasteiger partial charge < -0.3 is 25.7 Å². The van der Waals surface area contributed by atoms with Gasteiger partial charge in [0.25, 0.3) is 0 Å². The number of rotatable bonds is 8. The lowest BCUT2D eigenvalue weighted by atomic mass is 9.78. The van der Waals surface area contributed by atoms with E-state index in [0.717, 1.165) is 6.42 Å². The van der Waals surface area contributed by atoms with Gasteiger partial charge in [-0.3, -0.25) is 4.79 Å². The van der Waals surface area contributed by atoms with E-state index >= 15 is 0 Å². The molecule has 7 nitrogen and oxygen atoms in total. The number of carbonyl (C=O) groups is 1. The van der Waals surface area contributed by atoms with E-state index in [2.05, 4.69) is 24.3 Å². The Morgan fingerprint density at radius 1 is 1.43 bits per heavy atom. The molecule has 0 aromatic heterocycles. The lowest BCUT2D eigenvalue weighted by molar-refractivity contribution is -0.131. The van der Waals surface area contributed by atoms with Crippen molar-refractivity contribution in [1.29, 1.82) is 0 Å². The third-order valence-corrected chi connectivity index (χ3v) is 3.75. The second-order valence-corrected chi connectivity index (χ2v) is 5.73. The Balaban J connectivity index is 2.40. The zero-order valence-corrected chi connectivity index (χ0v) is 12.9. The number of hydrogen-bond acceptors (Lipinski definition) is 5. The first-order valence-corrected chi connectivity index (χ1v) is 7.44. The van der Waals surface area contributed by atoms with E-state index in [4.69, 9.17) is 20.4 Å². The summed E-state index contributed by atoms with van der Waals surface area (Å²) in [5, 5.41) is 14.7. The molecular formula is C14H27N3O4. The highest BCUT2D eigenvalue weighted by molar-refractivity contribution is 6.06. The molecule has 0 bridgehead atoms. The van der Waals surface area contributed by atoms with Gasteiger partial charge in [-0.05, 0) is 25.2 Å². The van der Waals surface area contributed by atoms with Gasteiger partial charge >= 0.3 is 0 Å². The maximum absolute atomic E-state index is 12.4. The van der Waals surface area contributed by atoms with E-state index in [1.807, 2.05) is 0 Å². The van der Waals surface area contributed by atoms with Crippen molar-refractivity contribution in [2.75, 3.05) is 33.0 Å². The van der Waals surface area contributed by atoms with Crippen LogP contribution >= 0.6 is 0 Å². The third-order valence-electron chi connectivity index (χ3n) is 3.75. The van der Waals surface area contributed by atoms with Crippen molar-refractivity contribution < 1.29 is 19.5 Å². The van der Waals surface area contributed by atoms with Crippen LogP contribution in [0, 0.1) is 11.3 Å². The summed E-state index contributed by atoms with van der Waals surface area (Å²) in [6.07, 6.45) is 1.84. The van der Waals surface area contributed by atoms with Crippen LogP contribution in [-0.2, 0) is 14.3 Å². The summed E-state index contributed by atoms with van der Waals surface area (Å²) in [6, 6.07) is 0. The molecular weight excluding hydrogens is 274 g/mol. The van der Waals surface area contributed by atoms with Crippen molar-refractivity contribution in [3.05, 3.63) is 0 Å². The van der Waals surface area contributed by atoms with Crippen LogP contribution in [0.3, 0.4) is 0 Å². The molecule has 1 saturated heterocycles. The third kappa shape index (κ3) is 5.17. The second-order valence-electron chi connectivity index (χ2n) is 5.73. The first kappa shape index (κ1) is 17.7. The molecule has 1 heterocycles. The molecule has 0 radical (unpaired) electrons. The number of hydrogen-bond donors (Lipinski definition) is 3. The Hall–Kier alpha value is -1.34. The van der Waals surface area contributed by atoms with Crippen molar-refractivity contribution in [2.45, 2.75) is 33.1 Å². The van der Waals surface area contributed by atoms with E-state index in [1.165, 1.54) is 0 Å². The van der Waals surface area contributed by atoms with Crippen molar-refractivity contribution in [1.82, 2.24) is 5.32 Å². The van der Waals surface area contributed by atoms with E-state index in [0.29, 0.717) is 51.7 Å². The summed E-state index contributed by atoms with van der Waals surface area (Å²) in [6.45, 7) is 6.68. The molecule has 1 fully saturated rings. The number of nitrogens with two attached hydrogens (primary N) is 1. The minimum atomic E-state index is -0.967. The van der Waals surface area contributed by atoms with Crippen LogP contribution in [0.25, 0.3) is 0 Å². The Kier molecular flexibility index (Phi) is 7.45. The Bertz CT molecular complexity index is 352. The molecule has 7 heteroatoms. The maximum Gasteiger partial charge on any atom is 0.234 e. The number of ether oxygens (including phenoxy) is 2. The summed E-state index contributed by atoms with van der Waals surface area (Å²) in [4.78, 5) is 12.4. The molecule has 0 atom stereocenters. The SMILES string of the molecule is CC(C)CCOCCNC(=O)C1(C(N)=NO)CCOCC1. The largest absolute Gasteiger partial charge is 0.409 e.